The molecule has 2 bridgehead atoms. The number of nitrogens with zero attached hydrogens (tertiary/aromatic N) is 1. The molecule has 0 amide bonds. The quantitative estimate of drug-likeness (QED) is 0.164. The van der Waals surface area contributed by atoms with Crippen molar-refractivity contribution < 1.29 is 0 Å². The second-order valence-corrected chi connectivity index (χ2v) is 14.4. The van der Waals surface area contributed by atoms with Gasteiger partial charge in [0.15, 0.2) is 0 Å². The number of rotatable bonds is 5. The molecule has 0 N–H and O–H groups in total. The fourth-order valence-corrected chi connectivity index (χ4v) is 9.40. The van der Waals surface area contributed by atoms with Crippen molar-refractivity contribution in [2.24, 2.45) is 0 Å². The average Bonchev–Trinajstić information content (AvgIpc) is 3.24. The molecular formula is C52H35N. The van der Waals surface area contributed by atoms with Gasteiger partial charge in [0.2, 0.25) is 0 Å². The van der Waals surface area contributed by atoms with Crippen LogP contribution in [0.15, 0.2) is 200 Å². The van der Waals surface area contributed by atoms with Gasteiger partial charge in [0.25, 0.3) is 0 Å². The van der Waals surface area contributed by atoms with E-state index in [1.807, 2.05) is 0 Å². The van der Waals surface area contributed by atoms with Crippen LogP contribution in [0.5, 0.6) is 0 Å². The summed E-state index contributed by atoms with van der Waals surface area (Å²) in [4.78, 5) is 2.56. The highest BCUT2D eigenvalue weighted by Crippen LogP contribution is 2.61. The molecule has 248 valence electrons. The molecule has 0 saturated heterocycles. The predicted octanol–water partition coefficient (Wildman–Crippen LogP) is 13.8. The fraction of sp³-hybridized carbons (Fsp3) is 0.0385. The summed E-state index contributed by atoms with van der Waals surface area (Å²) in [6, 6.07) is 74.2. The molecule has 0 aliphatic heterocycles. The number of anilines is 3. The Morgan fingerprint density at radius 3 is 1.53 bits per heavy atom. The van der Waals surface area contributed by atoms with Crippen molar-refractivity contribution in [3.05, 3.63) is 234 Å². The molecule has 1 nitrogen and oxygen atoms in total. The first-order chi connectivity index (χ1) is 26.3. The van der Waals surface area contributed by atoms with Gasteiger partial charge in [-0.15, -0.1) is 0 Å². The van der Waals surface area contributed by atoms with Crippen LogP contribution in [0.2, 0.25) is 0 Å². The molecule has 3 aliphatic rings. The molecule has 12 rings (SSSR count). The highest BCUT2D eigenvalue weighted by Gasteiger charge is 2.44. The largest absolute Gasteiger partial charge is 0.310 e. The van der Waals surface area contributed by atoms with E-state index in [4.69, 9.17) is 0 Å². The van der Waals surface area contributed by atoms with Crippen molar-refractivity contribution >= 4 is 38.6 Å². The number of benzene rings is 9. The van der Waals surface area contributed by atoms with E-state index < -0.39 is 0 Å². The predicted molar refractivity (Wildman–Crippen MR) is 222 cm³/mol. The Bertz CT molecular complexity index is 2790. The number of hydrogen-bond donors (Lipinski definition) is 0. The molecule has 0 heterocycles. The zero-order valence-corrected chi connectivity index (χ0v) is 29.2. The summed E-state index contributed by atoms with van der Waals surface area (Å²) in [7, 11) is 0. The highest BCUT2D eigenvalue weighted by molar-refractivity contribution is 6.15. The lowest BCUT2D eigenvalue weighted by Crippen LogP contribution is -2.30. The van der Waals surface area contributed by atoms with Crippen molar-refractivity contribution in [2.45, 2.75) is 11.8 Å². The molecule has 1 heteroatoms. The molecule has 53 heavy (non-hydrogen) atoms. The van der Waals surface area contributed by atoms with Crippen LogP contribution in [-0.2, 0) is 0 Å². The van der Waals surface area contributed by atoms with Gasteiger partial charge in [-0.1, -0.05) is 176 Å². The third kappa shape index (κ3) is 4.57. The van der Waals surface area contributed by atoms with Crippen LogP contribution in [0.25, 0.3) is 43.8 Å². The van der Waals surface area contributed by atoms with Crippen LogP contribution in [0.4, 0.5) is 17.1 Å². The van der Waals surface area contributed by atoms with E-state index in [1.54, 1.807) is 0 Å². The topological polar surface area (TPSA) is 3.24 Å². The number of hydrogen-bond acceptors (Lipinski definition) is 1. The first-order valence-electron chi connectivity index (χ1n) is 18.6. The van der Waals surface area contributed by atoms with E-state index >= 15 is 0 Å². The third-order valence-electron chi connectivity index (χ3n) is 11.6. The summed E-state index contributed by atoms with van der Waals surface area (Å²) in [5.41, 5.74) is 17.1. The summed E-state index contributed by atoms with van der Waals surface area (Å²) in [5, 5.41) is 5.01. The normalized spacial score (nSPS) is 15.2. The molecule has 0 unspecified atom stereocenters. The Kier molecular flexibility index (Phi) is 6.75. The molecule has 3 aliphatic carbocycles. The average molecular weight is 674 g/mol. The summed E-state index contributed by atoms with van der Waals surface area (Å²) in [6.45, 7) is 0. The number of fused-ring (bicyclic) bond motifs is 3. The fourth-order valence-electron chi connectivity index (χ4n) is 9.40. The maximum absolute atomic E-state index is 2.56. The molecule has 0 atom stereocenters. The standard InChI is InChI=1S/C52H35N/c1-3-14-34(15-4-1)35-28-30-39(31-29-35)53(46-25-13-19-38-27-26-37-18-7-8-20-40(37)48(38)46)47-33-32-41(36-16-5-2-6-17-36)51-49-42-21-9-11-23-44(42)50(52(47)51)45-24-12-10-22-43(45)49/h1-33,49-50H. The molecule has 9 aromatic rings. The van der Waals surface area contributed by atoms with Crippen LogP contribution < -0.4 is 4.90 Å². The van der Waals surface area contributed by atoms with E-state index in [-0.39, 0.29) is 11.8 Å². The van der Waals surface area contributed by atoms with Crippen LogP contribution in [0, 0.1) is 0 Å². The molecule has 0 aromatic heterocycles. The van der Waals surface area contributed by atoms with E-state index in [0.29, 0.717) is 0 Å². The van der Waals surface area contributed by atoms with Crippen molar-refractivity contribution in [2.75, 3.05) is 4.90 Å². The second-order valence-electron chi connectivity index (χ2n) is 14.4. The Morgan fingerprint density at radius 2 is 0.849 bits per heavy atom. The van der Waals surface area contributed by atoms with Crippen LogP contribution in [0.3, 0.4) is 0 Å². The van der Waals surface area contributed by atoms with Gasteiger partial charge in [-0.25, -0.2) is 0 Å². The van der Waals surface area contributed by atoms with Gasteiger partial charge >= 0.3 is 0 Å². The van der Waals surface area contributed by atoms with E-state index in [2.05, 4.69) is 205 Å². The zero-order chi connectivity index (χ0) is 34.9. The smallest absolute Gasteiger partial charge is 0.0546 e. The van der Waals surface area contributed by atoms with Gasteiger partial charge in [-0.3, -0.25) is 0 Å². The van der Waals surface area contributed by atoms with E-state index in [1.165, 1.54) is 88.6 Å². The Balaban J connectivity index is 1.25. The van der Waals surface area contributed by atoms with Crippen LogP contribution in [-0.4, -0.2) is 0 Å². The van der Waals surface area contributed by atoms with Crippen molar-refractivity contribution in [1.29, 1.82) is 0 Å². The lowest BCUT2D eigenvalue weighted by atomic mass is 9.59. The van der Waals surface area contributed by atoms with Gasteiger partial charge in [-0.05, 0) is 96.1 Å². The van der Waals surface area contributed by atoms with Gasteiger partial charge in [-0.2, -0.15) is 0 Å². The van der Waals surface area contributed by atoms with Gasteiger partial charge in [0, 0.05) is 22.9 Å². The maximum Gasteiger partial charge on any atom is 0.0546 e. The summed E-state index contributed by atoms with van der Waals surface area (Å²) < 4.78 is 0. The van der Waals surface area contributed by atoms with Crippen molar-refractivity contribution in [1.82, 2.24) is 0 Å². The van der Waals surface area contributed by atoms with Gasteiger partial charge in [0.05, 0.1) is 11.4 Å². The van der Waals surface area contributed by atoms with E-state index in [9.17, 15) is 0 Å². The van der Waals surface area contributed by atoms with Crippen molar-refractivity contribution in [3.8, 4) is 22.3 Å². The molecule has 0 fully saturated rings. The molecule has 0 saturated carbocycles. The minimum Gasteiger partial charge on any atom is -0.310 e. The van der Waals surface area contributed by atoms with E-state index in [0.717, 1.165) is 5.69 Å². The molecule has 0 radical (unpaired) electrons. The van der Waals surface area contributed by atoms with Crippen LogP contribution >= 0.6 is 0 Å². The van der Waals surface area contributed by atoms with Gasteiger partial charge < -0.3 is 4.90 Å². The maximum atomic E-state index is 2.56. The summed E-state index contributed by atoms with van der Waals surface area (Å²) >= 11 is 0. The minimum absolute atomic E-state index is 0.0962. The first kappa shape index (κ1) is 30.0. The zero-order valence-electron chi connectivity index (χ0n) is 29.2. The lowest BCUT2D eigenvalue weighted by molar-refractivity contribution is 0.756. The molecular weight excluding hydrogens is 639 g/mol. The third-order valence-corrected chi connectivity index (χ3v) is 11.6. The Morgan fingerprint density at radius 1 is 0.321 bits per heavy atom. The SMILES string of the molecule is c1ccc(-c2ccc(N(c3ccc(-c4ccccc4)c4c3C3c5ccccc5C4c4ccccc43)c3cccc4ccc5ccccc5c34)cc2)cc1. The molecule has 0 spiro atoms. The van der Waals surface area contributed by atoms with Gasteiger partial charge in [0.1, 0.15) is 0 Å². The highest BCUT2D eigenvalue weighted by atomic mass is 15.1. The first-order valence-corrected chi connectivity index (χ1v) is 18.6. The monoisotopic (exact) mass is 673 g/mol. The Labute approximate surface area is 310 Å². The minimum atomic E-state index is 0.0962. The lowest BCUT2D eigenvalue weighted by Gasteiger charge is -2.45. The van der Waals surface area contributed by atoms with Crippen molar-refractivity contribution in [3.63, 3.8) is 0 Å². The summed E-state index contributed by atoms with van der Waals surface area (Å²) in [6.07, 6.45) is 0. The second kappa shape index (κ2) is 11.9. The Hall–Kier alpha value is -6.70. The summed E-state index contributed by atoms with van der Waals surface area (Å²) in [5.74, 6) is 0.229. The van der Waals surface area contributed by atoms with Crippen LogP contribution in [0.1, 0.15) is 45.2 Å². The molecule has 9 aromatic carbocycles.